The van der Waals surface area contributed by atoms with Crippen LogP contribution in [0.4, 0.5) is 4.39 Å². The molecule has 0 amide bonds. The largest absolute Gasteiger partial charge is 0.435 e. The first-order chi connectivity index (χ1) is 8.06. The van der Waals surface area contributed by atoms with Gasteiger partial charge in [-0.15, -0.1) is 0 Å². The summed E-state index contributed by atoms with van der Waals surface area (Å²) in [4.78, 5) is 3.77. The molecule has 1 aromatic heterocycles. The zero-order valence-corrected chi connectivity index (χ0v) is 12.2. The Hall–Kier alpha value is -0.650. The maximum atomic E-state index is 13.5. The van der Waals surface area contributed by atoms with Crippen molar-refractivity contribution in [3.05, 3.63) is 50.2 Å². The van der Waals surface area contributed by atoms with Gasteiger partial charge in [-0.05, 0) is 40.2 Å². The number of pyridine rings is 1. The molecule has 17 heavy (non-hydrogen) atoms. The molecular formula is C11H5Br2ClFNO. The van der Waals surface area contributed by atoms with Crippen molar-refractivity contribution in [1.29, 1.82) is 0 Å². The molecule has 0 spiro atoms. The number of benzene rings is 1. The third kappa shape index (κ3) is 3.18. The van der Waals surface area contributed by atoms with Gasteiger partial charge in [0.2, 0.25) is 0 Å². The number of aromatic nitrogens is 1. The number of nitrogens with zero attached hydrogens (tertiary/aromatic N) is 1. The van der Waals surface area contributed by atoms with Gasteiger partial charge in [0, 0.05) is 10.7 Å². The van der Waals surface area contributed by atoms with Crippen molar-refractivity contribution in [2.45, 2.75) is 0 Å². The van der Waals surface area contributed by atoms with Crippen LogP contribution in [-0.4, -0.2) is 4.98 Å². The predicted molar refractivity (Wildman–Crippen MR) is 71.1 cm³/mol. The van der Waals surface area contributed by atoms with Crippen LogP contribution in [0.2, 0.25) is 5.02 Å². The summed E-state index contributed by atoms with van der Waals surface area (Å²) >= 11 is 12.2. The fourth-order valence-electron chi connectivity index (χ4n) is 1.14. The Morgan fingerprint density at radius 1 is 1.24 bits per heavy atom. The second-order valence-electron chi connectivity index (χ2n) is 3.12. The zero-order valence-electron chi connectivity index (χ0n) is 8.25. The lowest BCUT2D eigenvalue weighted by atomic mass is 10.3. The molecule has 1 heterocycles. The third-order valence-corrected chi connectivity index (χ3v) is 3.19. The smallest absolute Gasteiger partial charge is 0.256 e. The molecule has 0 aliphatic heterocycles. The van der Waals surface area contributed by atoms with Crippen LogP contribution in [0.15, 0.2) is 39.4 Å². The van der Waals surface area contributed by atoms with Gasteiger partial charge < -0.3 is 4.74 Å². The minimum absolute atomic E-state index is 0.113. The average molecular weight is 381 g/mol. The molecule has 0 saturated heterocycles. The van der Waals surface area contributed by atoms with E-state index in [9.17, 15) is 4.39 Å². The minimum atomic E-state index is -0.604. The highest BCUT2D eigenvalue weighted by atomic mass is 79.9. The lowest BCUT2D eigenvalue weighted by molar-refractivity contribution is 0.420. The van der Waals surface area contributed by atoms with Crippen LogP contribution in [0.5, 0.6) is 11.6 Å². The first-order valence-corrected chi connectivity index (χ1v) is 6.46. The Balaban J connectivity index is 2.31. The van der Waals surface area contributed by atoms with Gasteiger partial charge in [0.1, 0.15) is 5.75 Å². The quantitative estimate of drug-likeness (QED) is 0.714. The molecule has 2 rings (SSSR count). The van der Waals surface area contributed by atoms with E-state index in [1.54, 1.807) is 18.2 Å². The van der Waals surface area contributed by atoms with E-state index in [0.29, 0.717) is 10.2 Å². The highest BCUT2D eigenvalue weighted by Gasteiger charge is 2.09. The Morgan fingerprint density at radius 3 is 2.65 bits per heavy atom. The Labute approximate surface area is 119 Å². The van der Waals surface area contributed by atoms with E-state index in [1.165, 1.54) is 6.20 Å². The zero-order chi connectivity index (χ0) is 12.4. The summed E-state index contributed by atoms with van der Waals surface area (Å²) in [5.74, 6) is -0.244. The summed E-state index contributed by atoms with van der Waals surface area (Å²) in [7, 11) is 0. The van der Waals surface area contributed by atoms with Gasteiger partial charge in [-0.25, -0.2) is 9.37 Å². The summed E-state index contributed by atoms with van der Waals surface area (Å²) < 4.78 is 20.4. The van der Waals surface area contributed by atoms with E-state index in [1.807, 2.05) is 0 Å². The van der Waals surface area contributed by atoms with E-state index >= 15 is 0 Å². The summed E-state index contributed by atoms with van der Waals surface area (Å²) in [6.07, 6.45) is 1.33. The van der Waals surface area contributed by atoms with Crippen molar-refractivity contribution in [2.24, 2.45) is 0 Å². The Bertz CT molecular complexity index is 516. The molecule has 0 bridgehead atoms. The van der Waals surface area contributed by atoms with Crippen molar-refractivity contribution >= 4 is 43.5 Å². The maximum absolute atomic E-state index is 13.5. The van der Waals surface area contributed by atoms with Gasteiger partial charge in [-0.2, -0.15) is 0 Å². The molecule has 0 fully saturated rings. The molecule has 2 aromatic rings. The van der Waals surface area contributed by atoms with Crippen LogP contribution >= 0.6 is 43.5 Å². The van der Waals surface area contributed by atoms with E-state index in [0.717, 1.165) is 10.5 Å². The highest BCUT2D eigenvalue weighted by molar-refractivity contribution is 9.11. The molecule has 0 atom stereocenters. The fraction of sp³-hybridized carbons (Fsp3) is 0. The van der Waals surface area contributed by atoms with Gasteiger partial charge in [0.15, 0.2) is 5.82 Å². The lowest BCUT2D eigenvalue weighted by Gasteiger charge is -2.07. The van der Waals surface area contributed by atoms with Crippen LogP contribution in [0.25, 0.3) is 0 Å². The minimum Gasteiger partial charge on any atom is -0.435 e. The first kappa shape index (κ1) is 12.8. The van der Waals surface area contributed by atoms with Gasteiger partial charge in [-0.3, -0.25) is 0 Å². The molecule has 0 aliphatic carbocycles. The molecule has 0 N–H and O–H groups in total. The van der Waals surface area contributed by atoms with Crippen LogP contribution in [-0.2, 0) is 0 Å². The Kier molecular flexibility index (Phi) is 4.01. The van der Waals surface area contributed by atoms with Gasteiger partial charge in [0.25, 0.3) is 5.88 Å². The monoisotopic (exact) mass is 379 g/mol. The first-order valence-electron chi connectivity index (χ1n) is 4.50. The van der Waals surface area contributed by atoms with Crippen LogP contribution in [0.3, 0.4) is 0 Å². The van der Waals surface area contributed by atoms with Crippen molar-refractivity contribution < 1.29 is 9.13 Å². The summed E-state index contributed by atoms with van der Waals surface area (Å²) in [5.41, 5.74) is 0. The standard InChI is InChI=1S/C11H5Br2ClFNO/c12-6-1-2-10(8(13)3-6)17-11-9(15)4-7(14)5-16-11/h1-5H. The molecule has 0 aliphatic rings. The summed E-state index contributed by atoms with van der Waals surface area (Å²) in [6, 6.07) is 6.43. The van der Waals surface area contributed by atoms with E-state index < -0.39 is 5.82 Å². The fourth-order valence-corrected chi connectivity index (χ4v) is 2.41. The van der Waals surface area contributed by atoms with Crippen molar-refractivity contribution in [3.63, 3.8) is 0 Å². The van der Waals surface area contributed by atoms with E-state index in [2.05, 4.69) is 36.8 Å². The highest BCUT2D eigenvalue weighted by Crippen LogP contribution is 2.32. The SMILES string of the molecule is Fc1cc(Cl)cnc1Oc1ccc(Br)cc1Br. The molecule has 88 valence electrons. The molecule has 0 unspecified atom stereocenters. The van der Waals surface area contributed by atoms with Crippen molar-refractivity contribution in [3.8, 4) is 11.6 Å². The molecule has 2 nitrogen and oxygen atoms in total. The second-order valence-corrected chi connectivity index (χ2v) is 5.32. The summed E-state index contributed by atoms with van der Waals surface area (Å²) in [6.45, 7) is 0. The lowest BCUT2D eigenvalue weighted by Crippen LogP contribution is -1.92. The molecule has 0 saturated carbocycles. The number of halogens is 4. The molecule has 1 aromatic carbocycles. The van der Waals surface area contributed by atoms with Crippen molar-refractivity contribution in [1.82, 2.24) is 4.98 Å². The van der Waals surface area contributed by atoms with E-state index in [4.69, 9.17) is 16.3 Å². The molecular weight excluding hydrogens is 376 g/mol. The molecule has 0 radical (unpaired) electrons. The predicted octanol–water partition coefficient (Wildman–Crippen LogP) is 5.19. The number of hydrogen-bond donors (Lipinski definition) is 0. The van der Waals surface area contributed by atoms with E-state index in [-0.39, 0.29) is 10.9 Å². The van der Waals surface area contributed by atoms with Crippen LogP contribution in [0.1, 0.15) is 0 Å². The topological polar surface area (TPSA) is 22.1 Å². The number of ether oxygens (including phenoxy) is 1. The van der Waals surface area contributed by atoms with Gasteiger partial charge >= 0.3 is 0 Å². The number of hydrogen-bond acceptors (Lipinski definition) is 2. The van der Waals surface area contributed by atoms with Crippen LogP contribution < -0.4 is 4.74 Å². The van der Waals surface area contributed by atoms with Gasteiger partial charge in [0.05, 0.1) is 9.50 Å². The second kappa shape index (κ2) is 5.33. The third-order valence-electron chi connectivity index (χ3n) is 1.87. The van der Waals surface area contributed by atoms with Gasteiger partial charge in [-0.1, -0.05) is 27.5 Å². The number of rotatable bonds is 2. The Morgan fingerprint density at radius 2 is 2.00 bits per heavy atom. The van der Waals surface area contributed by atoms with Crippen LogP contribution in [0, 0.1) is 5.82 Å². The maximum Gasteiger partial charge on any atom is 0.256 e. The summed E-state index contributed by atoms with van der Waals surface area (Å²) in [5, 5.41) is 0.227. The molecule has 6 heteroatoms. The van der Waals surface area contributed by atoms with Crippen molar-refractivity contribution in [2.75, 3.05) is 0 Å². The normalized spacial score (nSPS) is 10.4. The average Bonchev–Trinajstić information content (AvgIpc) is 2.25.